The van der Waals surface area contributed by atoms with Gasteiger partial charge >= 0.3 is 0 Å². The number of hydrogen-bond donors (Lipinski definition) is 0. The number of benzene rings is 1. The second-order valence-corrected chi connectivity index (χ2v) is 6.08. The van der Waals surface area contributed by atoms with Gasteiger partial charge < -0.3 is 4.42 Å². The Morgan fingerprint density at radius 1 is 1.38 bits per heavy atom. The van der Waals surface area contributed by atoms with Crippen LogP contribution in [0.3, 0.4) is 0 Å². The molecule has 3 aromatic rings. The Morgan fingerprint density at radius 2 is 2.25 bits per heavy atom. The summed E-state index contributed by atoms with van der Waals surface area (Å²) in [5, 5.41) is 0.281. The Hall–Kier alpha value is -2.60. The lowest BCUT2D eigenvalue weighted by Crippen LogP contribution is -2.32. The average molecular weight is 325 g/mol. The third-order valence-corrected chi connectivity index (χ3v) is 4.33. The predicted octanol–water partition coefficient (Wildman–Crippen LogP) is 2.59. The van der Waals surface area contributed by atoms with E-state index in [2.05, 4.69) is 14.9 Å². The zero-order chi connectivity index (χ0) is 16.7. The monoisotopic (exact) mass is 325 g/mol. The van der Waals surface area contributed by atoms with Crippen LogP contribution in [-0.4, -0.2) is 21.4 Å². The van der Waals surface area contributed by atoms with Crippen LogP contribution in [0, 0.1) is 12.7 Å². The fraction of sp³-hybridized carbons (Fsp3) is 0.278. The van der Waals surface area contributed by atoms with Gasteiger partial charge in [-0.05, 0) is 25.1 Å². The first kappa shape index (κ1) is 15.0. The summed E-state index contributed by atoms with van der Waals surface area (Å²) in [5.74, 6) is 0.339. The molecule has 5 nitrogen and oxygen atoms in total. The maximum Gasteiger partial charge on any atom is 0.197 e. The molecule has 0 aliphatic carbocycles. The highest BCUT2D eigenvalue weighted by atomic mass is 19.1. The molecule has 1 aliphatic heterocycles. The average Bonchev–Trinajstić information content (AvgIpc) is 2.58. The minimum atomic E-state index is -0.439. The van der Waals surface area contributed by atoms with E-state index in [1.165, 1.54) is 24.5 Å². The van der Waals surface area contributed by atoms with Crippen molar-refractivity contribution >= 4 is 11.0 Å². The van der Waals surface area contributed by atoms with Crippen LogP contribution in [0.2, 0.25) is 0 Å². The predicted molar refractivity (Wildman–Crippen MR) is 87.0 cm³/mol. The summed E-state index contributed by atoms with van der Waals surface area (Å²) in [6.07, 6.45) is 4.15. The van der Waals surface area contributed by atoms with E-state index in [1.54, 1.807) is 0 Å². The van der Waals surface area contributed by atoms with Gasteiger partial charge in [0.2, 0.25) is 0 Å². The van der Waals surface area contributed by atoms with Crippen molar-refractivity contribution in [2.45, 2.75) is 26.4 Å². The normalized spacial score (nSPS) is 14.8. The van der Waals surface area contributed by atoms with E-state index in [9.17, 15) is 9.18 Å². The van der Waals surface area contributed by atoms with Gasteiger partial charge in [-0.1, -0.05) is 0 Å². The van der Waals surface area contributed by atoms with Crippen LogP contribution in [0.25, 0.3) is 11.0 Å². The first-order valence-corrected chi connectivity index (χ1v) is 7.84. The molecule has 0 radical (unpaired) electrons. The highest BCUT2D eigenvalue weighted by Gasteiger charge is 2.19. The van der Waals surface area contributed by atoms with E-state index >= 15 is 0 Å². The SMILES string of the molecule is Cc1ncc2c(n1)CCN(Cc1coc3ccc(F)cc3c1=O)C2. The van der Waals surface area contributed by atoms with Crippen molar-refractivity contribution in [3.8, 4) is 0 Å². The van der Waals surface area contributed by atoms with E-state index in [0.29, 0.717) is 24.2 Å². The van der Waals surface area contributed by atoms with Crippen molar-refractivity contribution in [1.82, 2.24) is 14.9 Å². The summed E-state index contributed by atoms with van der Waals surface area (Å²) >= 11 is 0. The second-order valence-electron chi connectivity index (χ2n) is 6.08. The molecule has 0 unspecified atom stereocenters. The molecule has 0 N–H and O–H groups in total. The summed E-state index contributed by atoms with van der Waals surface area (Å²) in [4.78, 5) is 23.4. The molecule has 1 aliphatic rings. The lowest BCUT2D eigenvalue weighted by atomic mass is 10.1. The lowest BCUT2D eigenvalue weighted by molar-refractivity contribution is 0.240. The molecule has 0 spiro atoms. The summed E-state index contributed by atoms with van der Waals surface area (Å²) in [7, 11) is 0. The lowest BCUT2D eigenvalue weighted by Gasteiger charge is -2.27. The van der Waals surface area contributed by atoms with Crippen molar-refractivity contribution in [2.75, 3.05) is 6.54 Å². The van der Waals surface area contributed by atoms with Gasteiger partial charge in [0.05, 0.1) is 11.6 Å². The van der Waals surface area contributed by atoms with E-state index in [1.807, 2.05) is 13.1 Å². The van der Waals surface area contributed by atoms with Crippen molar-refractivity contribution < 1.29 is 8.81 Å². The van der Waals surface area contributed by atoms with Crippen LogP contribution in [0.15, 0.2) is 39.9 Å². The summed E-state index contributed by atoms with van der Waals surface area (Å²) < 4.78 is 18.9. The Labute approximate surface area is 137 Å². The number of aryl methyl sites for hydroxylation is 1. The molecule has 1 aromatic carbocycles. The van der Waals surface area contributed by atoms with Crippen LogP contribution in [-0.2, 0) is 19.5 Å². The van der Waals surface area contributed by atoms with E-state index in [4.69, 9.17) is 4.42 Å². The Bertz CT molecular complexity index is 984. The Morgan fingerprint density at radius 3 is 3.12 bits per heavy atom. The molecular formula is C18H16FN3O2. The van der Waals surface area contributed by atoms with Gasteiger partial charge in [0.25, 0.3) is 0 Å². The van der Waals surface area contributed by atoms with Crippen LogP contribution >= 0.6 is 0 Å². The van der Waals surface area contributed by atoms with Crippen LogP contribution in [0.1, 0.15) is 22.6 Å². The summed E-state index contributed by atoms with van der Waals surface area (Å²) in [6.45, 7) is 3.84. The first-order valence-electron chi connectivity index (χ1n) is 7.84. The maximum atomic E-state index is 13.4. The van der Waals surface area contributed by atoms with Crippen LogP contribution in [0.5, 0.6) is 0 Å². The Kier molecular flexibility index (Phi) is 3.61. The van der Waals surface area contributed by atoms with Gasteiger partial charge in [-0.2, -0.15) is 0 Å². The first-order chi connectivity index (χ1) is 11.6. The maximum absolute atomic E-state index is 13.4. The second kappa shape index (κ2) is 5.79. The number of fused-ring (bicyclic) bond motifs is 2. The highest BCUT2D eigenvalue weighted by Crippen LogP contribution is 2.19. The molecule has 3 heterocycles. The molecule has 0 saturated heterocycles. The van der Waals surface area contributed by atoms with Gasteiger partial charge in [-0.25, -0.2) is 14.4 Å². The summed E-state index contributed by atoms with van der Waals surface area (Å²) in [5.41, 5.74) is 2.92. The molecule has 122 valence electrons. The third kappa shape index (κ3) is 2.69. The molecular weight excluding hydrogens is 309 g/mol. The topological polar surface area (TPSA) is 59.2 Å². The largest absolute Gasteiger partial charge is 0.464 e. The fourth-order valence-electron chi connectivity index (χ4n) is 3.10. The zero-order valence-corrected chi connectivity index (χ0v) is 13.3. The van der Waals surface area contributed by atoms with Crippen molar-refractivity contribution in [2.24, 2.45) is 0 Å². The molecule has 4 rings (SSSR count). The minimum absolute atomic E-state index is 0.179. The number of rotatable bonds is 2. The Balaban J connectivity index is 1.62. The van der Waals surface area contributed by atoms with Gasteiger partial charge in [-0.15, -0.1) is 0 Å². The van der Waals surface area contributed by atoms with Gasteiger partial charge in [0.15, 0.2) is 5.43 Å². The number of nitrogens with zero attached hydrogens (tertiary/aromatic N) is 3. The van der Waals surface area contributed by atoms with Crippen LogP contribution < -0.4 is 5.43 Å². The molecule has 0 fully saturated rings. The molecule has 0 amide bonds. The van der Waals surface area contributed by atoms with Crippen LogP contribution in [0.4, 0.5) is 4.39 Å². The van der Waals surface area contributed by atoms with E-state index in [-0.39, 0.29) is 10.8 Å². The van der Waals surface area contributed by atoms with Crippen molar-refractivity contribution in [1.29, 1.82) is 0 Å². The standard InChI is InChI=1S/C18H16FN3O2/c1-11-20-7-12-8-22(5-4-16(12)21-11)9-13-10-24-17-3-2-14(19)6-15(17)18(13)23/h2-3,6-7,10H,4-5,8-9H2,1H3. The van der Waals surface area contributed by atoms with Gasteiger partial charge in [0, 0.05) is 49.1 Å². The molecule has 24 heavy (non-hydrogen) atoms. The third-order valence-electron chi connectivity index (χ3n) is 4.33. The molecule has 6 heteroatoms. The fourth-order valence-corrected chi connectivity index (χ4v) is 3.10. The van der Waals surface area contributed by atoms with Crippen molar-refractivity contribution in [3.05, 3.63) is 69.3 Å². The quantitative estimate of drug-likeness (QED) is 0.725. The number of halogens is 1. The number of aromatic nitrogens is 2. The van der Waals surface area contributed by atoms with E-state index in [0.717, 1.165) is 30.0 Å². The van der Waals surface area contributed by atoms with Gasteiger partial charge in [0.1, 0.15) is 17.2 Å². The summed E-state index contributed by atoms with van der Waals surface area (Å²) in [6, 6.07) is 3.99. The van der Waals surface area contributed by atoms with Crippen molar-refractivity contribution in [3.63, 3.8) is 0 Å². The molecule has 2 aromatic heterocycles. The minimum Gasteiger partial charge on any atom is -0.464 e. The highest BCUT2D eigenvalue weighted by molar-refractivity contribution is 5.76. The van der Waals surface area contributed by atoms with E-state index < -0.39 is 5.82 Å². The molecule has 0 bridgehead atoms. The zero-order valence-electron chi connectivity index (χ0n) is 13.3. The number of hydrogen-bond acceptors (Lipinski definition) is 5. The van der Waals surface area contributed by atoms with Gasteiger partial charge in [-0.3, -0.25) is 9.69 Å². The molecule has 0 saturated carbocycles. The smallest absolute Gasteiger partial charge is 0.197 e. The molecule has 0 atom stereocenters.